The zero-order valence-corrected chi connectivity index (χ0v) is 10.1. The number of rotatable bonds is 3. The number of hydrogen-bond acceptors (Lipinski definition) is 3. The summed E-state index contributed by atoms with van der Waals surface area (Å²) < 4.78 is 0. The van der Waals surface area contributed by atoms with Crippen LogP contribution in [-0.4, -0.2) is 29.0 Å². The highest BCUT2D eigenvalue weighted by Gasteiger charge is 2.46. The van der Waals surface area contributed by atoms with E-state index in [1.165, 1.54) is 12.8 Å². The summed E-state index contributed by atoms with van der Waals surface area (Å²) in [7, 11) is 0. The Labute approximate surface area is 95.6 Å². The number of nitrogens with two attached hydrogens (primary N) is 1. The molecule has 2 unspecified atom stereocenters. The molecule has 2 fully saturated rings. The summed E-state index contributed by atoms with van der Waals surface area (Å²) in [6.45, 7) is 0. The highest BCUT2D eigenvalue weighted by Crippen LogP contribution is 2.33. The van der Waals surface area contributed by atoms with E-state index in [4.69, 9.17) is 5.73 Å². The van der Waals surface area contributed by atoms with E-state index in [-0.39, 0.29) is 5.91 Å². The molecule has 4 heteroatoms. The molecule has 0 bridgehead atoms. The van der Waals surface area contributed by atoms with Crippen LogP contribution in [0.15, 0.2) is 0 Å². The van der Waals surface area contributed by atoms with Crippen molar-refractivity contribution in [3.8, 4) is 0 Å². The molecule has 0 heterocycles. The van der Waals surface area contributed by atoms with Gasteiger partial charge in [-0.2, -0.15) is 11.8 Å². The Kier molecular flexibility index (Phi) is 3.26. The van der Waals surface area contributed by atoms with Gasteiger partial charge in [0.2, 0.25) is 5.91 Å². The lowest BCUT2D eigenvalue weighted by Gasteiger charge is -2.29. The minimum Gasteiger partial charge on any atom is -0.352 e. The molecule has 2 aliphatic rings. The average Bonchev–Trinajstić information content (AvgIpc) is 2.98. The van der Waals surface area contributed by atoms with Gasteiger partial charge in [0, 0.05) is 11.3 Å². The quantitative estimate of drug-likeness (QED) is 0.765. The van der Waals surface area contributed by atoms with E-state index in [9.17, 15) is 4.79 Å². The van der Waals surface area contributed by atoms with Gasteiger partial charge in [0.15, 0.2) is 0 Å². The lowest BCUT2D eigenvalue weighted by Crippen LogP contribution is -2.48. The van der Waals surface area contributed by atoms with E-state index in [0.717, 1.165) is 30.9 Å². The molecule has 86 valence electrons. The molecule has 0 radical (unpaired) electrons. The molecule has 0 saturated heterocycles. The van der Waals surface area contributed by atoms with Crippen LogP contribution in [0.25, 0.3) is 0 Å². The van der Waals surface area contributed by atoms with E-state index in [0.29, 0.717) is 6.04 Å². The van der Waals surface area contributed by atoms with Crippen LogP contribution < -0.4 is 11.1 Å². The highest BCUT2D eigenvalue weighted by atomic mass is 32.2. The van der Waals surface area contributed by atoms with Crippen LogP contribution in [0, 0.1) is 0 Å². The Balaban J connectivity index is 1.81. The third-order valence-electron chi connectivity index (χ3n) is 3.54. The fourth-order valence-corrected chi connectivity index (χ4v) is 3.01. The first-order valence-electron chi connectivity index (χ1n) is 5.77. The smallest absolute Gasteiger partial charge is 0.240 e. The van der Waals surface area contributed by atoms with Crippen molar-refractivity contribution < 1.29 is 4.79 Å². The molecule has 0 aromatic heterocycles. The molecule has 3 nitrogen and oxygen atoms in total. The van der Waals surface area contributed by atoms with Crippen molar-refractivity contribution in [2.24, 2.45) is 5.73 Å². The van der Waals surface area contributed by atoms with Gasteiger partial charge in [-0.3, -0.25) is 4.79 Å². The topological polar surface area (TPSA) is 55.1 Å². The maximum absolute atomic E-state index is 11.7. The number of thioether (sulfide) groups is 1. The SMILES string of the molecule is CSC1CCCC(NC(=O)C2(N)CC2)C1. The molecule has 1 amide bonds. The summed E-state index contributed by atoms with van der Waals surface area (Å²) in [6, 6.07) is 0.365. The molecule has 2 atom stereocenters. The molecule has 2 rings (SSSR count). The minimum absolute atomic E-state index is 0.0780. The average molecular weight is 228 g/mol. The number of amides is 1. The van der Waals surface area contributed by atoms with Gasteiger partial charge in [-0.15, -0.1) is 0 Å². The number of nitrogens with one attached hydrogen (secondary N) is 1. The monoisotopic (exact) mass is 228 g/mol. The Hall–Kier alpha value is -0.220. The van der Waals surface area contributed by atoms with Crippen molar-refractivity contribution in [2.75, 3.05) is 6.26 Å². The molecule has 15 heavy (non-hydrogen) atoms. The normalized spacial score (nSPS) is 33.5. The molecule has 2 saturated carbocycles. The lowest BCUT2D eigenvalue weighted by atomic mass is 9.94. The summed E-state index contributed by atoms with van der Waals surface area (Å²) in [4.78, 5) is 11.7. The first kappa shape index (κ1) is 11.3. The largest absolute Gasteiger partial charge is 0.352 e. The number of hydrogen-bond donors (Lipinski definition) is 2. The molecule has 0 aromatic carbocycles. The van der Waals surface area contributed by atoms with E-state index in [1.54, 1.807) is 0 Å². The van der Waals surface area contributed by atoms with E-state index < -0.39 is 5.54 Å². The number of carbonyl (C=O) groups is 1. The first-order valence-corrected chi connectivity index (χ1v) is 7.05. The molecule has 3 N–H and O–H groups in total. The third kappa shape index (κ3) is 2.67. The Morgan fingerprint density at radius 1 is 1.47 bits per heavy atom. The van der Waals surface area contributed by atoms with Crippen molar-refractivity contribution in [2.45, 2.75) is 55.4 Å². The standard InChI is InChI=1S/C11H20N2OS/c1-15-9-4-2-3-8(7-9)13-10(14)11(12)5-6-11/h8-9H,2-7,12H2,1H3,(H,13,14). The molecular formula is C11H20N2OS. The van der Waals surface area contributed by atoms with Crippen molar-refractivity contribution in [1.82, 2.24) is 5.32 Å². The second-order valence-electron chi connectivity index (χ2n) is 4.85. The first-order chi connectivity index (χ1) is 7.14. The molecule has 0 aliphatic heterocycles. The van der Waals surface area contributed by atoms with Gasteiger partial charge in [0.25, 0.3) is 0 Å². The van der Waals surface area contributed by atoms with Crippen molar-refractivity contribution in [3.05, 3.63) is 0 Å². The Bertz CT molecular complexity index is 253. The van der Waals surface area contributed by atoms with Gasteiger partial charge in [0.05, 0.1) is 5.54 Å². The van der Waals surface area contributed by atoms with Gasteiger partial charge < -0.3 is 11.1 Å². The van der Waals surface area contributed by atoms with Gasteiger partial charge in [-0.05, 0) is 38.4 Å². The Morgan fingerprint density at radius 3 is 2.80 bits per heavy atom. The molecular weight excluding hydrogens is 208 g/mol. The van der Waals surface area contributed by atoms with Crippen LogP contribution >= 0.6 is 11.8 Å². The van der Waals surface area contributed by atoms with Gasteiger partial charge >= 0.3 is 0 Å². The van der Waals surface area contributed by atoms with E-state index >= 15 is 0 Å². The van der Waals surface area contributed by atoms with Crippen LogP contribution in [-0.2, 0) is 4.79 Å². The van der Waals surface area contributed by atoms with Crippen LogP contribution in [0.3, 0.4) is 0 Å². The molecule has 0 aromatic rings. The van der Waals surface area contributed by atoms with Crippen LogP contribution in [0.4, 0.5) is 0 Å². The zero-order chi connectivity index (χ0) is 10.9. The van der Waals surface area contributed by atoms with E-state index in [2.05, 4.69) is 11.6 Å². The summed E-state index contributed by atoms with van der Waals surface area (Å²) >= 11 is 1.92. The summed E-state index contributed by atoms with van der Waals surface area (Å²) in [5.41, 5.74) is 5.35. The van der Waals surface area contributed by atoms with Gasteiger partial charge in [-0.1, -0.05) is 6.42 Å². The van der Waals surface area contributed by atoms with Crippen LogP contribution in [0.1, 0.15) is 38.5 Å². The maximum Gasteiger partial charge on any atom is 0.240 e. The van der Waals surface area contributed by atoms with Crippen molar-refractivity contribution in [1.29, 1.82) is 0 Å². The predicted octanol–water partition coefficient (Wildman–Crippen LogP) is 1.27. The van der Waals surface area contributed by atoms with Crippen LogP contribution in [0.5, 0.6) is 0 Å². The van der Waals surface area contributed by atoms with Gasteiger partial charge in [0.1, 0.15) is 0 Å². The van der Waals surface area contributed by atoms with Crippen molar-refractivity contribution in [3.63, 3.8) is 0 Å². The summed E-state index contributed by atoms with van der Waals surface area (Å²) in [6.07, 6.45) is 8.63. The maximum atomic E-state index is 11.7. The van der Waals surface area contributed by atoms with E-state index in [1.807, 2.05) is 11.8 Å². The molecule has 0 spiro atoms. The fraction of sp³-hybridized carbons (Fsp3) is 0.909. The zero-order valence-electron chi connectivity index (χ0n) is 9.29. The summed E-state index contributed by atoms with van der Waals surface area (Å²) in [5, 5.41) is 3.83. The Morgan fingerprint density at radius 2 is 2.20 bits per heavy atom. The lowest BCUT2D eigenvalue weighted by molar-refractivity contribution is -0.124. The second-order valence-corrected chi connectivity index (χ2v) is 5.99. The van der Waals surface area contributed by atoms with Crippen molar-refractivity contribution >= 4 is 17.7 Å². The highest BCUT2D eigenvalue weighted by molar-refractivity contribution is 7.99. The third-order valence-corrected chi connectivity index (χ3v) is 4.63. The second kappa shape index (κ2) is 4.34. The fourth-order valence-electron chi connectivity index (χ4n) is 2.18. The number of carbonyl (C=O) groups excluding carboxylic acids is 1. The van der Waals surface area contributed by atoms with Gasteiger partial charge in [-0.25, -0.2) is 0 Å². The predicted molar refractivity (Wildman–Crippen MR) is 63.9 cm³/mol. The summed E-state index contributed by atoms with van der Waals surface area (Å²) in [5.74, 6) is 0.0780. The van der Waals surface area contributed by atoms with Crippen LogP contribution in [0.2, 0.25) is 0 Å². The minimum atomic E-state index is -0.508. The molecule has 2 aliphatic carbocycles.